The molecule has 0 aliphatic carbocycles. The fourth-order valence-corrected chi connectivity index (χ4v) is 4.57. The summed E-state index contributed by atoms with van der Waals surface area (Å²) in [5, 5.41) is 4.07. The van der Waals surface area contributed by atoms with E-state index in [9.17, 15) is 9.59 Å². The van der Waals surface area contributed by atoms with Gasteiger partial charge in [0.1, 0.15) is 0 Å². The highest BCUT2D eigenvalue weighted by molar-refractivity contribution is 7.18. The topological polar surface area (TPSA) is 62.3 Å². The minimum absolute atomic E-state index is 0.0213. The molecule has 3 aromatic rings. The number of aromatic nitrogens is 1. The van der Waals surface area contributed by atoms with Gasteiger partial charge in [0.25, 0.3) is 0 Å². The van der Waals surface area contributed by atoms with Gasteiger partial charge in [-0.2, -0.15) is 0 Å². The largest absolute Gasteiger partial charge is 0.325 e. The van der Waals surface area contributed by atoms with Crippen molar-refractivity contribution in [1.82, 2.24) is 4.98 Å². The van der Waals surface area contributed by atoms with Crippen LogP contribution in [0.1, 0.15) is 29.5 Å². The van der Waals surface area contributed by atoms with Crippen LogP contribution in [0, 0.1) is 19.8 Å². The summed E-state index contributed by atoms with van der Waals surface area (Å²) in [5.41, 5.74) is 4.73. The number of carbonyl (C=O) groups excluding carboxylic acids is 2. The molecule has 4 rings (SSSR count). The number of fused-ring (bicyclic) bond motifs is 1. The molecule has 1 fully saturated rings. The molecule has 2 aromatic carbocycles. The molecule has 2 heterocycles. The zero-order valence-corrected chi connectivity index (χ0v) is 17.1. The first kappa shape index (κ1) is 18.6. The molecule has 1 aliphatic rings. The second kappa shape index (κ2) is 7.36. The van der Waals surface area contributed by atoms with Crippen molar-refractivity contribution in [2.45, 2.75) is 33.6 Å². The number of hydrogen-bond acceptors (Lipinski definition) is 4. The molecule has 28 heavy (non-hydrogen) atoms. The smallest absolute Gasteiger partial charge is 0.229 e. The molecule has 0 bridgehead atoms. The third kappa shape index (κ3) is 3.40. The molecule has 1 N–H and O–H groups in total. The third-order valence-corrected chi connectivity index (χ3v) is 6.23. The van der Waals surface area contributed by atoms with E-state index in [0.717, 1.165) is 44.1 Å². The molecule has 1 aliphatic heterocycles. The van der Waals surface area contributed by atoms with Crippen LogP contribution in [0.5, 0.6) is 0 Å². The van der Waals surface area contributed by atoms with E-state index in [4.69, 9.17) is 0 Å². The molecule has 1 saturated heterocycles. The Balaban J connectivity index is 1.53. The van der Waals surface area contributed by atoms with Crippen molar-refractivity contribution in [1.29, 1.82) is 0 Å². The van der Waals surface area contributed by atoms with Crippen LogP contribution in [0.25, 0.3) is 10.2 Å². The number of benzene rings is 2. The highest BCUT2D eigenvalue weighted by atomic mass is 32.1. The first-order chi connectivity index (χ1) is 13.5. The second-order valence-electron chi connectivity index (χ2n) is 7.24. The average Bonchev–Trinajstić information content (AvgIpc) is 3.24. The minimum atomic E-state index is -0.357. The zero-order valence-electron chi connectivity index (χ0n) is 16.3. The number of para-hydroxylation sites is 1. The summed E-state index contributed by atoms with van der Waals surface area (Å²) in [7, 11) is 0. The summed E-state index contributed by atoms with van der Waals surface area (Å²) in [5.74, 6) is -0.470. The van der Waals surface area contributed by atoms with Gasteiger partial charge in [-0.1, -0.05) is 25.1 Å². The van der Waals surface area contributed by atoms with Crippen LogP contribution in [0.15, 0.2) is 36.4 Å². The number of thiazole rings is 1. The fraction of sp³-hybridized carbons (Fsp3) is 0.318. The Bertz CT molecular complexity index is 1070. The molecule has 2 amide bonds. The first-order valence-corrected chi connectivity index (χ1v) is 10.3. The van der Waals surface area contributed by atoms with Crippen LogP contribution in [-0.4, -0.2) is 23.3 Å². The highest BCUT2D eigenvalue weighted by Crippen LogP contribution is 2.31. The van der Waals surface area contributed by atoms with Gasteiger partial charge in [0.15, 0.2) is 0 Å². The molecule has 0 spiro atoms. The summed E-state index contributed by atoms with van der Waals surface area (Å²) in [6.45, 7) is 6.43. The summed E-state index contributed by atoms with van der Waals surface area (Å²) in [6.07, 6.45) is 1.08. The molecule has 0 saturated carbocycles. The lowest BCUT2D eigenvalue weighted by Crippen LogP contribution is -2.28. The first-order valence-electron chi connectivity index (χ1n) is 9.53. The van der Waals surface area contributed by atoms with Crippen molar-refractivity contribution < 1.29 is 9.59 Å². The van der Waals surface area contributed by atoms with Crippen molar-refractivity contribution in [2.75, 3.05) is 16.8 Å². The molecule has 1 unspecified atom stereocenters. The second-order valence-corrected chi connectivity index (χ2v) is 8.48. The van der Waals surface area contributed by atoms with E-state index in [0.29, 0.717) is 6.54 Å². The van der Waals surface area contributed by atoms with E-state index >= 15 is 0 Å². The van der Waals surface area contributed by atoms with Crippen molar-refractivity contribution >= 4 is 44.7 Å². The molecule has 1 atom stereocenters. The Morgan fingerprint density at radius 1 is 1.29 bits per heavy atom. The Morgan fingerprint density at radius 2 is 2.11 bits per heavy atom. The Morgan fingerprint density at radius 3 is 2.89 bits per heavy atom. The summed E-state index contributed by atoms with van der Waals surface area (Å²) >= 11 is 1.64. The zero-order chi connectivity index (χ0) is 19.8. The van der Waals surface area contributed by atoms with E-state index in [2.05, 4.69) is 17.2 Å². The van der Waals surface area contributed by atoms with E-state index in [1.165, 1.54) is 0 Å². The average molecular weight is 394 g/mol. The van der Waals surface area contributed by atoms with Crippen LogP contribution >= 0.6 is 11.3 Å². The molecule has 6 heteroatoms. The molecule has 5 nitrogen and oxygen atoms in total. The fourth-order valence-electron chi connectivity index (χ4n) is 3.76. The lowest BCUT2D eigenvalue weighted by atomic mass is 10.0. The van der Waals surface area contributed by atoms with Gasteiger partial charge in [-0.05, 0) is 49.6 Å². The maximum absolute atomic E-state index is 12.9. The highest BCUT2D eigenvalue weighted by Gasteiger charge is 2.35. The lowest BCUT2D eigenvalue weighted by Gasteiger charge is -2.18. The monoisotopic (exact) mass is 393 g/mol. The normalized spacial score (nSPS) is 16.8. The number of aryl methyl sites for hydroxylation is 3. The van der Waals surface area contributed by atoms with E-state index in [1.54, 1.807) is 16.2 Å². The summed E-state index contributed by atoms with van der Waals surface area (Å²) in [4.78, 5) is 31.7. The van der Waals surface area contributed by atoms with E-state index < -0.39 is 0 Å². The van der Waals surface area contributed by atoms with Crippen LogP contribution in [0.4, 0.5) is 11.4 Å². The van der Waals surface area contributed by atoms with Gasteiger partial charge in [-0.15, -0.1) is 11.3 Å². The number of nitrogens with zero attached hydrogens (tertiary/aromatic N) is 2. The maximum atomic E-state index is 12.9. The Labute approximate surface area is 168 Å². The van der Waals surface area contributed by atoms with Crippen molar-refractivity contribution in [3.63, 3.8) is 0 Å². The summed E-state index contributed by atoms with van der Waals surface area (Å²) in [6, 6.07) is 11.9. The Hall–Kier alpha value is -2.73. The predicted octanol–water partition coefficient (Wildman–Crippen LogP) is 4.47. The molecule has 1 aromatic heterocycles. The molecule has 0 radical (unpaired) electrons. The maximum Gasteiger partial charge on any atom is 0.229 e. The number of hydrogen-bond donors (Lipinski definition) is 1. The number of anilines is 2. The molecular formula is C22H23N3O2S. The number of nitrogens with one attached hydrogen (secondary N) is 1. The lowest BCUT2D eigenvalue weighted by molar-refractivity contribution is -0.122. The van der Waals surface area contributed by atoms with Gasteiger partial charge < -0.3 is 10.2 Å². The quantitative estimate of drug-likeness (QED) is 0.711. The SMILES string of the molecule is CCc1cccc(C)c1NC(=O)C1CC(=O)N(c2ccc3sc(C)nc3c2)C1. The third-order valence-electron chi connectivity index (χ3n) is 5.27. The number of amides is 2. The van der Waals surface area contributed by atoms with Crippen molar-refractivity contribution in [3.05, 3.63) is 52.5 Å². The minimum Gasteiger partial charge on any atom is -0.325 e. The standard InChI is InChI=1S/C22H23N3O2S/c1-4-15-7-5-6-13(2)21(15)24-22(27)16-10-20(26)25(12-16)17-8-9-19-18(11-17)23-14(3)28-19/h5-9,11,16H,4,10,12H2,1-3H3,(H,24,27). The van der Waals surface area contributed by atoms with Crippen LogP contribution in [0.2, 0.25) is 0 Å². The molecule has 144 valence electrons. The predicted molar refractivity (Wildman–Crippen MR) is 114 cm³/mol. The van der Waals surface area contributed by atoms with Crippen LogP contribution in [0.3, 0.4) is 0 Å². The van der Waals surface area contributed by atoms with Crippen molar-refractivity contribution in [3.8, 4) is 0 Å². The number of rotatable bonds is 4. The van der Waals surface area contributed by atoms with Gasteiger partial charge in [0.2, 0.25) is 11.8 Å². The van der Waals surface area contributed by atoms with Crippen molar-refractivity contribution in [2.24, 2.45) is 5.92 Å². The number of carbonyl (C=O) groups is 2. The Kier molecular flexibility index (Phi) is 4.89. The van der Waals surface area contributed by atoms with E-state index in [-0.39, 0.29) is 24.2 Å². The van der Waals surface area contributed by atoms with Gasteiger partial charge in [0, 0.05) is 24.3 Å². The van der Waals surface area contributed by atoms with Crippen LogP contribution < -0.4 is 10.2 Å². The van der Waals surface area contributed by atoms with Gasteiger partial charge >= 0.3 is 0 Å². The van der Waals surface area contributed by atoms with E-state index in [1.807, 2.05) is 50.2 Å². The summed E-state index contributed by atoms with van der Waals surface area (Å²) < 4.78 is 1.11. The van der Waals surface area contributed by atoms with Gasteiger partial charge in [0.05, 0.1) is 21.1 Å². The van der Waals surface area contributed by atoms with Gasteiger partial charge in [-0.25, -0.2) is 4.98 Å². The molecular weight excluding hydrogens is 370 g/mol. The van der Waals surface area contributed by atoms with Gasteiger partial charge in [-0.3, -0.25) is 9.59 Å². The van der Waals surface area contributed by atoms with Crippen LogP contribution in [-0.2, 0) is 16.0 Å².